The zero-order chi connectivity index (χ0) is 20.9. The van der Waals surface area contributed by atoms with Crippen molar-refractivity contribution in [2.75, 3.05) is 16.8 Å². The molecule has 0 saturated carbocycles. The Hall–Kier alpha value is -2.03. The number of benzene rings is 1. The average Bonchev–Trinajstić information content (AvgIpc) is 3.03. The highest BCUT2D eigenvalue weighted by atomic mass is 79.9. The molecule has 0 aliphatic carbocycles. The Morgan fingerprint density at radius 2 is 2.18 bits per heavy atom. The molecule has 152 valence electrons. The molecule has 0 aliphatic rings. The number of nitrogens with two attached hydrogens (primary N) is 1. The summed E-state index contributed by atoms with van der Waals surface area (Å²) in [6.07, 6.45) is 0. The van der Waals surface area contributed by atoms with Crippen LogP contribution in [0.2, 0.25) is 0 Å². The van der Waals surface area contributed by atoms with E-state index >= 15 is 0 Å². The molecule has 0 aliphatic heterocycles. The van der Waals surface area contributed by atoms with E-state index in [1.165, 1.54) is 18.2 Å². The van der Waals surface area contributed by atoms with Crippen molar-refractivity contribution in [3.05, 3.63) is 34.2 Å². The Morgan fingerprint density at radius 3 is 2.82 bits per heavy atom. The molecule has 1 aromatic carbocycles. The number of thioether (sulfide) groups is 1. The molecule has 10 nitrogen and oxygen atoms in total. The van der Waals surface area contributed by atoms with Gasteiger partial charge in [0.2, 0.25) is 15.9 Å². The van der Waals surface area contributed by atoms with Crippen molar-refractivity contribution < 1.29 is 22.2 Å². The van der Waals surface area contributed by atoms with Crippen LogP contribution in [0.15, 0.2) is 32.3 Å². The molecule has 1 aromatic heterocycles. The van der Waals surface area contributed by atoms with Gasteiger partial charge in [-0.3, -0.25) is 10.2 Å². The number of hydrogen-bond donors (Lipinski definition) is 4. The lowest BCUT2D eigenvalue weighted by atomic mass is 10.3. The predicted molar refractivity (Wildman–Crippen MR) is 105 cm³/mol. The molecule has 0 unspecified atom stereocenters. The summed E-state index contributed by atoms with van der Waals surface area (Å²) < 4.78 is 40.0. The monoisotopic (exact) mass is 494 g/mol. The number of amidine groups is 1. The van der Waals surface area contributed by atoms with Gasteiger partial charge in [-0.05, 0) is 51.4 Å². The summed E-state index contributed by atoms with van der Waals surface area (Å²) in [6, 6.07) is 3.76. The van der Waals surface area contributed by atoms with Gasteiger partial charge in [0, 0.05) is 17.5 Å². The van der Waals surface area contributed by atoms with Crippen LogP contribution >= 0.6 is 27.7 Å². The molecule has 0 bridgehead atoms. The van der Waals surface area contributed by atoms with Crippen LogP contribution in [0.5, 0.6) is 0 Å². The summed E-state index contributed by atoms with van der Waals surface area (Å²) in [5, 5.41) is 25.9. The van der Waals surface area contributed by atoms with Gasteiger partial charge in [0.15, 0.2) is 16.6 Å². The number of amides is 1. The molecule has 0 fully saturated rings. The van der Waals surface area contributed by atoms with Gasteiger partial charge < -0.3 is 10.6 Å². The van der Waals surface area contributed by atoms with Crippen LogP contribution in [-0.4, -0.2) is 48.0 Å². The Morgan fingerprint density at radius 1 is 1.46 bits per heavy atom. The maximum absolute atomic E-state index is 13.3. The first-order valence-corrected chi connectivity index (χ1v) is 11.1. The second-order valence-corrected chi connectivity index (χ2v) is 9.11. The van der Waals surface area contributed by atoms with Gasteiger partial charge in [-0.15, -0.1) is 0 Å². The third kappa shape index (κ3) is 6.85. The normalized spacial score (nSPS) is 12.4. The smallest absolute Gasteiger partial charge is 0.236 e. The summed E-state index contributed by atoms with van der Waals surface area (Å²) in [5.74, 6) is -1.76. The minimum absolute atomic E-state index is 0.117. The van der Waals surface area contributed by atoms with Crippen molar-refractivity contribution in [1.29, 1.82) is 5.41 Å². The summed E-state index contributed by atoms with van der Waals surface area (Å²) in [5.41, 5.74) is 0.592. The first kappa shape index (κ1) is 22.3. The number of carbonyl (C=O) groups is 1. The van der Waals surface area contributed by atoms with Gasteiger partial charge in [0.25, 0.3) is 0 Å². The van der Waals surface area contributed by atoms with Crippen LogP contribution in [0.4, 0.5) is 10.1 Å². The van der Waals surface area contributed by atoms with Gasteiger partial charge in [-0.1, -0.05) is 11.8 Å². The number of aromatic nitrogens is 2. The minimum Gasteiger partial charge on any atom is -0.352 e. The predicted octanol–water partition coefficient (Wildman–Crippen LogP) is 1.29. The second kappa shape index (κ2) is 9.45. The highest BCUT2D eigenvalue weighted by Gasteiger charge is 2.19. The van der Waals surface area contributed by atoms with Crippen molar-refractivity contribution in [3.8, 4) is 0 Å². The molecule has 1 amide bonds. The lowest BCUT2D eigenvalue weighted by Gasteiger charge is -2.12. The standard InChI is InChI=1S/C14H16BrFN6O4S2/c1-7(19-11(23)6-28(18,24)25)5-27-14-12(21-26-22-14)13(17)20-8-2-3-10(16)9(15)4-8/h2-4,7H,5-6H2,1H3,(H2,17,20)(H,19,23)(H2,18,24,25)/t7-/m0/s1. The number of nitrogens with one attached hydrogen (secondary N) is 3. The number of nitrogens with zero attached hydrogens (tertiary/aromatic N) is 2. The third-order valence-corrected chi connectivity index (χ3v) is 5.57. The van der Waals surface area contributed by atoms with E-state index in [1.807, 2.05) is 0 Å². The molecule has 14 heteroatoms. The maximum atomic E-state index is 13.3. The maximum Gasteiger partial charge on any atom is 0.236 e. The van der Waals surface area contributed by atoms with Gasteiger partial charge >= 0.3 is 0 Å². The van der Waals surface area contributed by atoms with Crippen LogP contribution < -0.4 is 15.8 Å². The summed E-state index contributed by atoms with van der Waals surface area (Å²) in [4.78, 5) is 11.6. The molecule has 0 saturated heterocycles. The summed E-state index contributed by atoms with van der Waals surface area (Å²) >= 11 is 4.21. The SMILES string of the molecule is C[C@@H](CSc1nonc1C(=N)Nc1ccc(F)c(Br)c1)NC(=O)CS(N)(=O)=O. The molecule has 0 radical (unpaired) electrons. The Kier molecular flexibility index (Phi) is 7.51. The number of sulfonamides is 1. The molecular formula is C14H16BrFN6O4S2. The number of anilines is 1. The van der Waals surface area contributed by atoms with E-state index < -0.39 is 33.5 Å². The zero-order valence-corrected chi connectivity index (χ0v) is 17.6. The van der Waals surface area contributed by atoms with Crippen LogP contribution in [-0.2, 0) is 14.8 Å². The highest BCUT2D eigenvalue weighted by Crippen LogP contribution is 2.23. The zero-order valence-electron chi connectivity index (χ0n) is 14.4. The molecule has 1 atom stereocenters. The Balaban J connectivity index is 1.94. The molecule has 1 heterocycles. The van der Waals surface area contributed by atoms with Gasteiger partial charge in [-0.25, -0.2) is 22.6 Å². The van der Waals surface area contributed by atoms with E-state index in [9.17, 15) is 17.6 Å². The molecule has 28 heavy (non-hydrogen) atoms. The lowest BCUT2D eigenvalue weighted by Crippen LogP contribution is -2.39. The van der Waals surface area contributed by atoms with Gasteiger partial charge in [0.1, 0.15) is 11.6 Å². The van der Waals surface area contributed by atoms with E-state index in [2.05, 4.69) is 41.5 Å². The third-order valence-electron chi connectivity index (χ3n) is 3.09. The van der Waals surface area contributed by atoms with E-state index in [4.69, 9.17) is 10.5 Å². The van der Waals surface area contributed by atoms with Gasteiger partial charge in [-0.2, -0.15) is 0 Å². The topological polar surface area (TPSA) is 164 Å². The average molecular weight is 495 g/mol. The van der Waals surface area contributed by atoms with Crippen molar-refractivity contribution in [2.45, 2.75) is 18.0 Å². The lowest BCUT2D eigenvalue weighted by molar-refractivity contribution is -0.119. The van der Waals surface area contributed by atoms with E-state index in [0.29, 0.717) is 16.5 Å². The molecule has 5 N–H and O–H groups in total. The molecular weight excluding hydrogens is 479 g/mol. The Bertz CT molecular complexity index is 984. The fourth-order valence-electron chi connectivity index (χ4n) is 1.95. The van der Waals surface area contributed by atoms with Crippen molar-refractivity contribution in [1.82, 2.24) is 15.6 Å². The number of carbonyl (C=O) groups excluding carboxylic acids is 1. The van der Waals surface area contributed by atoms with Crippen LogP contribution in [0.25, 0.3) is 0 Å². The van der Waals surface area contributed by atoms with Crippen LogP contribution in [0, 0.1) is 11.2 Å². The Labute approximate surface area is 172 Å². The fourth-order valence-corrected chi connectivity index (χ4v) is 3.63. The quantitative estimate of drug-likeness (QED) is 0.242. The van der Waals surface area contributed by atoms with E-state index in [1.54, 1.807) is 6.92 Å². The van der Waals surface area contributed by atoms with Crippen LogP contribution in [0.3, 0.4) is 0 Å². The minimum atomic E-state index is -3.90. The van der Waals surface area contributed by atoms with Gasteiger partial charge in [0.05, 0.1) is 4.47 Å². The molecule has 2 rings (SSSR count). The highest BCUT2D eigenvalue weighted by molar-refractivity contribution is 9.10. The largest absolute Gasteiger partial charge is 0.352 e. The van der Waals surface area contributed by atoms with Crippen LogP contribution in [0.1, 0.15) is 12.6 Å². The van der Waals surface area contributed by atoms with Crippen molar-refractivity contribution in [2.24, 2.45) is 5.14 Å². The number of primary sulfonamides is 1. The molecule has 0 spiro atoms. The molecule has 2 aromatic rings. The van der Waals surface area contributed by atoms with Crippen molar-refractivity contribution in [3.63, 3.8) is 0 Å². The number of hydrogen-bond acceptors (Lipinski definition) is 8. The van der Waals surface area contributed by atoms with E-state index in [-0.39, 0.29) is 16.0 Å². The first-order valence-electron chi connectivity index (χ1n) is 7.61. The van der Waals surface area contributed by atoms with Crippen molar-refractivity contribution >= 4 is 55.1 Å². The number of rotatable bonds is 8. The van der Waals surface area contributed by atoms with E-state index in [0.717, 1.165) is 11.8 Å². The first-order chi connectivity index (χ1) is 13.0. The number of halogens is 2. The fraction of sp³-hybridized carbons (Fsp3) is 0.286. The summed E-state index contributed by atoms with van der Waals surface area (Å²) in [6.45, 7) is 1.67. The summed E-state index contributed by atoms with van der Waals surface area (Å²) in [7, 11) is -3.90. The second-order valence-electron chi connectivity index (χ2n) is 5.63.